The normalized spacial score (nSPS) is 10.4. The fraction of sp³-hybridized carbons (Fsp3) is 0.143. The molecule has 8 heteroatoms. The van der Waals surface area contributed by atoms with Gasteiger partial charge in [0.05, 0.1) is 12.8 Å². The molecule has 0 amide bonds. The van der Waals surface area contributed by atoms with Crippen LogP contribution in [0.4, 0.5) is 11.4 Å². The molecule has 0 aliphatic rings. The third-order valence-electron chi connectivity index (χ3n) is 1.52. The molecule has 0 aromatic heterocycles. The SMILES string of the molecule is CON([O-])ONNc1ccc(NN)cc1. The van der Waals surface area contributed by atoms with Crippen molar-refractivity contribution in [3.63, 3.8) is 0 Å². The van der Waals surface area contributed by atoms with Crippen molar-refractivity contribution >= 4 is 11.4 Å². The van der Waals surface area contributed by atoms with E-state index in [1.54, 1.807) is 24.3 Å². The van der Waals surface area contributed by atoms with Gasteiger partial charge in [0.25, 0.3) is 0 Å². The summed E-state index contributed by atoms with van der Waals surface area (Å²) in [6.45, 7) is 0. The van der Waals surface area contributed by atoms with E-state index in [0.29, 0.717) is 5.69 Å². The van der Waals surface area contributed by atoms with Gasteiger partial charge in [-0.05, 0) is 24.3 Å². The second-order valence-corrected chi connectivity index (χ2v) is 2.45. The van der Waals surface area contributed by atoms with Gasteiger partial charge in [0.15, 0.2) is 0 Å². The zero-order chi connectivity index (χ0) is 11.1. The lowest BCUT2D eigenvalue weighted by molar-refractivity contribution is -0.349. The Hall–Kier alpha value is -1.42. The van der Waals surface area contributed by atoms with Crippen LogP contribution in [0.3, 0.4) is 0 Å². The number of rotatable bonds is 6. The molecule has 0 saturated carbocycles. The highest BCUT2D eigenvalue weighted by Crippen LogP contribution is 2.11. The van der Waals surface area contributed by atoms with Crippen LogP contribution in [-0.4, -0.2) is 12.5 Å². The number of hydrazine groups is 2. The summed E-state index contributed by atoms with van der Waals surface area (Å²) in [6, 6.07) is 6.95. The Labute approximate surface area is 86.3 Å². The fourth-order valence-corrected chi connectivity index (χ4v) is 0.806. The summed E-state index contributed by atoms with van der Waals surface area (Å²) in [6.07, 6.45) is 0. The van der Waals surface area contributed by atoms with Gasteiger partial charge >= 0.3 is 0 Å². The highest BCUT2D eigenvalue weighted by molar-refractivity contribution is 5.52. The van der Waals surface area contributed by atoms with E-state index >= 15 is 0 Å². The van der Waals surface area contributed by atoms with E-state index < -0.39 is 0 Å². The van der Waals surface area contributed by atoms with E-state index in [1.165, 1.54) is 7.11 Å². The van der Waals surface area contributed by atoms with Crippen LogP contribution in [0.1, 0.15) is 0 Å². The molecule has 0 heterocycles. The van der Waals surface area contributed by atoms with Crippen LogP contribution in [0.15, 0.2) is 24.3 Å². The quantitative estimate of drug-likeness (QED) is 0.390. The van der Waals surface area contributed by atoms with E-state index in [-0.39, 0.29) is 5.39 Å². The zero-order valence-corrected chi connectivity index (χ0v) is 8.06. The van der Waals surface area contributed by atoms with Crippen molar-refractivity contribution in [2.45, 2.75) is 0 Å². The van der Waals surface area contributed by atoms with E-state index in [9.17, 15) is 5.21 Å². The van der Waals surface area contributed by atoms with E-state index in [0.717, 1.165) is 5.69 Å². The Morgan fingerprint density at radius 2 is 1.87 bits per heavy atom. The van der Waals surface area contributed by atoms with Gasteiger partial charge in [0.2, 0.25) is 0 Å². The average molecular weight is 214 g/mol. The summed E-state index contributed by atoms with van der Waals surface area (Å²) in [4.78, 5) is 8.46. The Kier molecular flexibility index (Phi) is 4.77. The second kappa shape index (κ2) is 6.14. The van der Waals surface area contributed by atoms with Crippen molar-refractivity contribution in [3.05, 3.63) is 29.5 Å². The van der Waals surface area contributed by atoms with Gasteiger partial charge in [-0.1, -0.05) is 5.59 Å². The van der Waals surface area contributed by atoms with Gasteiger partial charge in [0, 0.05) is 5.69 Å². The topological polar surface area (TPSA) is 107 Å². The molecule has 15 heavy (non-hydrogen) atoms. The van der Waals surface area contributed by atoms with E-state index in [4.69, 9.17) is 5.84 Å². The zero-order valence-electron chi connectivity index (χ0n) is 8.06. The van der Waals surface area contributed by atoms with Gasteiger partial charge < -0.3 is 10.6 Å². The molecule has 84 valence electrons. The van der Waals surface area contributed by atoms with Gasteiger partial charge in [-0.25, -0.2) is 0 Å². The second-order valence-electron chi connectivity index (χ2n) is 2.45. The molecule has 0 fully saturated rings. The predicted octanol–water partition coefficient (Wildman–Crippen LogP) is 0.0965. The first kappa shape index (κ1) is 11.7. The minimum atomic E-state index is -0.0944. The molecule has 0 radical (unpaired) electrons. The maximum absolute atomic E-state index is 10.4. The molecule has 0 aliphatic carbocycles. The number of hydrogen-bond donors (Lipinski definition) is 4. The highest BCUT2D eigenvalue weighted by Gasteiger charge is 1.92. The lowest BCUT2D eigenvalue weighted by atomic mass is 10.3. The molecule has 5 N–H and O–H groups in total. The Morgan fingerprint density at radius 3 is 2.40 bits per heavy atom. The molecule has 1 rings (SSSR count). The largest absolute Gasteiger partial charge is 0.736 e. The van der Waals surface area contributed by atoms with Crippen molar-refractivity contribution in [2.75, 3.05) is 18.0 Å². The van der Waals surface area contributed by atoms with Gasteiger partial charge in [-0.3, -0.25) is 16.1 Å². The number of hydrogen-bond acceptors (Lipinski definition) is 8. The number of nitrogens with two attached hydrogens (primary N) is 1. The summed E-state index contributed by atoms with van der Waals surface area (Å²) < 4.78 is 0. The standard InChI is InChI=1S/C7H12N5O3/c1-14-12(13)15-11-10-7-4-2-6(9-8)3-5-7/h2-5,9-11H,8H2,1H3/q-1. The number of nitrogen functional groups attached to an aromatic ring is 1. The lowest BCUT2D eigenvalue weighted by Crippen LogP contribution is -2.30. The monoisotopic (exact) mass is 214 g/mol. The molecular formula is C7H12N5O3-. The average Bonchev–Trinajstić information content (AvgIpc) is 2.29. The molecule has 0 bridgehead atoms. The molecule has 0 saturated heterocycles. The maximum atomic E-state index is 10.4. The first-order valence-electron chi connectivity index (χ1n) is 4.02. The van der Waals surface area contributed by atoms with Crippen molar-refractivity contribution in [3.8, 4) is 0 Å². The first-order valence-corrected chi connectivity index (χ1v) is 4.02. The Morgan fingerprint density at radius 1 is 1.27 bits per heavy atom. The van der Waals surface area contributed by atoms with Crippen molar-refractivity contribution in [2.24, 2.45) is 5.84 Å². The summed E-state index contributed by atoms with van der Waals surface area (Å²) in [5.41, 5.74) is 8.72. The van der Waals surface area contributed by atoms with Crippen LogP contribution in [0.2, 0.25) is 0 Å². The van der Waals surface area contributed by atoms with Crippen molar-refractivity contribution in [1.82, 2.24) is 11.0 Å². The number of benzene rings is 1. The summed E-state index contributed by atoms with van der Waals surface area (Å²) in [5.74, 6) is 5.18. The lowest BCUT2D eigenvalue weighted by Gasteiger charge is -2.22. The third-order valence-corrected chi connectivity index (χ3v) is 1.52. The molecule has 0 unspecified atom stereocenters. The smallest absolute Gasteiger partial charge is 0.0591 e. The number of nitrogens with zero attached hydrogens (tertiary/aromatic N) is 1. The third kappa shape index (κ3) is 4.08. The molecule has 1 aromatic carbocycles. The van der Waals surface area contributed by atoms with Crippen LogP contribution in [0.25, 0.3) is 0 Å². The molecule has 0 atom stereocenters. The molecule has 1 aromatic rings. The van der Waals surface area contributed by atoms with E-state index in [2.05, 4.69) is 26.2 Å². The van der Waals surface area contributed by atoms with Crippen LogP contribution < -0.4 is 22.3 Å². The molecular weight excluding hydrogens is 202 g/mol. The van der Waals surface area contributed by atoms with Crippen molar-refractivity contribution < 1.29 is 9.78 Å². The van der Waals surface area contributed by atoms with Crippen molar-refractivity contribution in [1.29, 1.82) is 0 Å². The van der Waals surface area contributed by atoms with Gasteiger partial charge in [0.1, 0.15) is 0 Å². The van der Waals surface area contributed by atoms with Crippen LogP contribution >= 0.6 is 0 Å². The molecule has 0 aliphatic heterocycles. The minimum Gasteiger partial charge on any atom is -0.736 e. The summed E-state index contributed by atoms with van der Waals surface area (Å²) >= 11 is 0. The van der Waals surface area contributed by atoms with Crippen LogP contribution in [-0.2, 0) is 9.78 Å². The highest BCUT2D eigenvalue weighted by atomic mass is 17.2. The first-order chi connectivity index (χ1) is 7.26. The van der Waals surface area contributed by atoms with Gasteiger partial charge in [-0.2, -0.15) is 4.94 Å². The Bertz CT molecular complexity index is 280. The number of anilines is 2. The van der Waals surface area contributed by atoms with Crippen LogP contribution in [0, 0.1) is 5.21 Å². The predicted molar refractivity (Wildman–Crippen MR) is 54.3 cm³/mol. The van der Waals surface area contributed by atoms with Gasteiger partial charge in [-0.15, -0.1) is 5.39 Å². The molecule has 8 nitrogen and oxygen atoms in total. The summed E-state index contributed by atoms with van der Waals surface area (Å²) in [7, 11) is 1.18. The fourth-order valence-electron chi connectivity index (χ4n) is 0.806. The number of nitrogens with one attached hydrogen (secondary N) is 3. The van der Waals surface area contributed by atoms with Crippen LogP contribution in [0.5, 0.6) is 0 Å². The maximum Gasteiger partial charge on any atom is 0.0591 e. The van der Waals surface area contributed by atoms with E-state index in [1.807, 2.05) is 0 Å². The summed E-state index contributed by atoms with van der Waals surface area (Å²) in [5, 5.41) is 10.4. The minimum absolute atomic E-state index is 0.0944. The Balaban J connectivity index is 2.31. The molecule has 0 spiro atoms.